The number of piperidine rings is 1. The minimum Gasteiger partial charge on any atom is -0.329 e. The number of thiophene rings is 1. The third kappa shape index (κ3) is 3.18. The van der Waals surface area contributed by atoms with Crippen molar-refractivity contribution < 1.29 is 8.42 Å². The topological polar surface area (TPSA) is 63.4 Å². The highest BCUT2D eigenvalue weighted by atomic mass is 35.5. The highest BCUT2D eigenvalue weighted by molar-refractivity contribution is 7.91. The first-order chi connectivity index (χ1) is 8.05. The van der Waals surface area contributed by atoms with Crippen molar-refractivity contribution in [3.05, 3.63) is 16.5 Å². The zero-order chi connectivity index (χ0) is 12.5. The van der Waals surface area contributed by atoms with Gasteiger partial charge >= 0.3 is 0 Å². The highest BCUT2D eigenvalue weighted by Crippen LogP contribution is 2.31. The van der Waals surface area contributed by atoms with Crippen LogP contribution in [0.15, 0.2) is 16.3 Å². The van der Waals surface area contributed by atoms with Crippen LogP contribution in [0.1, 0.15) is 19.3 Å². The molecule has 1 aromatic heterocycles. The third-order valence-electron chi connectivity index (χ3n) is 2.96. The van der Waals surface area contributed by atoms with Crippen molar-refractivity contribution in [1.82, 2.24) is 4.31 Å². The van der Waals surface area contributed by atoms with E-state index in [0.29, 0.717) is 21.6 Å². The van der Waals surface area contributed by atoms with Crippen molar-refractivity contribution in [2.75, 3.05) is 13.1 Å². The van der Waals surface area contributed by atoms with Gasteiger partial charge in [-0.2, -0.15) is 4.31 Å². The Hall–Kier alpha value is 0.150. The number of nitrogens with two attached hydrogens (primary N) is 1. The van der Waals surface area contributed by atoms with Crippen LogP contribution >= 0.6 is 35.3 Å². The number of sulfonamides is 1. The van der Waals surface area contributed by atoms with Crippen LogP contribution in [0.3, 0.4) is 0 Å². The summed E-state index contributed by atoms with van der Waals surface area (Å²) >= 11 is 6.88. The molecule has 2 rings (SSSR count). The number of rotatable bonds is 3. The summed E-state index contributed by atoms with van der Waals surface area (Å²) in [5.74, 6) is 0. The lowest BCUT2D eigenvalue weighted by atomic mass is 10.1. The molecule has 2 N–H and O–H groups in total. The minimum absolute atomic E-state index is 0. The Morgan fingerprint density at radius 2 is 2.17 bits per heavy atom. The first-order valence-corrected chi connectivity index (χ1v) is 8.16. The van der Waals surface area contributed by atoms with Crippen molar-refractivity contribution in [1.29, 1.82) is 0 Å². The molecule has 2 heterocycles. The van der Waals surface area contributed by atoms with Crippen LogP contribution in [0.4, 0.5) is 0 Å². The van der Waals surface area contributed by atoms with Gasteiger partial charge in [0.2, 0.25) is 0 Å². The van der Waals surface area contributed by atoms with E-state index in [2.05, 4.69) is 0 Å². The maximum absolute atomic E-state index is 12.4. The van der Waals surface area contributed by atoms with Crippen LogP contribution in [0.25, 0.3) is 0 Å². The van der Waals surface area contributed by atoms with E-state index in [0.717, 1.165) is 30.6 Å². The Balaban J connectivity index is 0.00000162. The second-order valence-corrected chi connectivity index (χ2v) is 7.89. The van der Waals surface area contributed by atoms with Gasteiger partial charge in [-0.1, -0.05) is 18.0 Å². The van der Waals surface area contributed by atoms with Gasteiger partial charge in [0.05, 0.1) is 4.34 Å². The molecule has 1 unspecified atom stereocenters. The average molecular weight is 331 g/mol. The van der Waals surface area contributed by atoms with Gasteiger partial charge in [0.1, 0.15) is 4.21 Å². The van der Waals surface area contributed by atoms with E-state index in [-0.39, 0.29) is 18.4 Å². The van der Waals surface area contributed by atoms with E-state index in [1.165, 1.54) is 4.31 Å². The zero-order valence-electron chi connectivity index (χ0n) is 9.71. The maximum Gasteiger partial charge on any atom is 0.252 e. The molecule has 0 aromatic carbocycles. The Labute approximate surface area is 123 Å². The smallest absolute Gasteiger partial charge is 0.252 e. The Bertz CT molecular complexity index is 490. The van der Waals surface area contributed by atoms with Crippen LogP contribution in [0.2, 0.25) is 4.34 Å². The lowest BCUT2D eigenvalue weighted by molar-refractivity contribution is 0.258. The minimum atomic E-state index is -3.42. The van der Waals surface area contributed by atoms with Crippen LogP contribution < -0.4 is 5.73 Å². The summed E-state index contributed by atoms with van der Waals surface area (Å²) in [6, 6.07) is 3.10. The van der Waals surface area contributed by atoms with Crippen LogP contribution in [0, 0.1) is 0 Å². The standard InChI is InChI=1S/C10H15ClN2O2S2.ClH/c11-9-4-5-10(16-9)17(14,15)13-6-2-1-3-8(13)7-12;/h4-5,8H,1-3,6-7,12H2;1H. The predicted molar refractivity (Wildman–Crippen MR) is 77.2 cm³/mol. The first kappa shape index (κ1) is 16.2. The fraction of sp³-hybridized carbons (Fsp3) is 0.600. The van der Waals surface area contributed by atoms with Gasteiger partial charge in [0.25, 0.3) is 10.0 Å². The van der Waals surface area contributed by atoms with E-state index in [1.54, 1.807) is 12.1 Å². The molecule has 0 radical (unpaired) electrons. The summed E-state index contributed by atoms with van der Waals surface area (Å²) in [6.07, 6.45) is 2.78. The summed E-state index contributed by atoms with van der Waals surface area (Å²) in [4.78, 5) is 0. The van der Waals surface area contributed by atoms with Crippen molar-refractivity contribution in [3.8, 4) is 0 Å². The Kier molecular flexibility index (Phi) is 5.89. The third-order valence-corrected chi connectivity index (χ3v) is 6.61. The molecule has 0 bridgehead atoms. The number of halogens is 2. The summed E-state index contributed by atoms with van der Waals surface area (Å²) in [6.45, 7) is 0.929. The van der Waals surface area contributed by atoms with E-state index >= 15 is 0 Å². The number of hydrogen-bond acceptors (Lipinski definition) is 4. The quantitative estimate of drug-likeness (QED) is 0.924. The Morgan fingerprint density at radius 1 is 1.44 bits per heavy atom. The van der Waals surface area contributed by atoms with Gasteiger partial charge in [0.15, 0.2) is 0 Å². The predicted octanol–water partition coefficient (Wildman–Crippen LogP) is 2.33. The molecule has 0 aliphatic carbocycles. The molecule has 8 heteroatoms. The van der Waals surface area contributed by atoms with E-state index < -0.39 is 10.0 Å². The number of nitrogens with zero attached hydrogens (tertiary/aromatic N) is 1. The fourth-order valence-electron chi connectivity index (χ4n) is 2.08. The van der Waals surface area contributed by atoms with E-state index in [9.17, 15) is 8.42 Å². The molecule has 18 heavy (non-hydrogen) atoms. The van der Waals surface area contributed by atoms with Gasteiger partial charge in [-0.25, -0.2) is 8.42 Å². The fourth-order valence-corrected chi connectivity index (χ4v) is 5.39. The van der Waals surface area contributed by atoms with Crippen LogP contribution in [0.5, 0.6) is 0 Å². The molecule has 1 aliphatic rings. The van der Waals surface area contributed by atoms with Gasteiger partial charge < -0.3 is 5.73 Å². The van der Waals surface area contributed by atoms with Crippen LogP contribution in [-0.2, 0) is 10.0 Å². The average Bonchev–Trinajstić information content (AvgIpc) is 2.76. The summed E-state index contributed by atoms with van der Waals surface area (Å²) in [5, 5.41) is 0. The molecule has 1 atom stereocenters. The second kappa shape index (κ2) is 6.54. The van der Waals surface area contributed by atoms with Gasteiger partial charge in [-0.15, -0.1) is 23.7 Å². The lowest BCUT2D eigenvalue weighted by Gasteiger charge is -2.33. The highest BCUT2D eigenvalue weighted by Gasteiger charge is 2.33. The largest absolute Gasteiger partial charge is 0.329 e. The van der Waals surface area contributed by atoms with Crippen molar-refractivity contribution in [3.63, 3.8) is 0 Å². The van der Waals surface area contributed by atoms with E-state index in [1.807, 2.05) is 0 Å². The summed E-state index contributed by atoms with van der Waals surface area (Å²) < 4.78 is 27.1. The molecule has 104 valence electrons. The van der Waals surface area contributed by atoms with E-state index in [4.69, 9.17) is 17.3 Å². The molecule has 1 saturated heterocycles. The molecular formula is C10H16Cl2N2O2S2. The molecule has 4 nitrogen and oxygen atoms in total. The zero-order valence-corrected chi connectivity index (χ0v) is 12.9. The Morgan fingerprint density at radius 3 is 2.72 bits per heavy atom. The molecule has 1 fully saturated rings. The normalized spacial score (nSPS) is 21.6. The van der Waals surface area contributed by atoms with Crippen molar-refractivity contribution >= 4 is 45.4 Å². The first-order valence-electron chi connectivity index (χ1n) is 5.53. The number of hydrogen-bond donors (Lipinski definition) is 1. The molecule has 0 saturated carbocycles. The van der Waals surface area contributed by atoms with Gasteiger partial charge in [-0.3, -0.25) is 0 Å². The SMILES string of the molecule is Cl.NCC1CCCCN1S(=O)(=O)c1ccc(Cl)s1. The molecule has 0 spiro atoms. The lowest BCUT2D eigenvalue weighted by Crippen LogP contribution is -2.47. The van der Waals surface area contributed by atoms with Gasteiger partial charge in [-0.05, 0) is 25.0 Å². The molecular weight excluding hydrogens is 315 g/mol. The molecule has 1 aliphatic heterocycles. The van der Waals surface area contributed by atoms with Crippen molar-refractivity contribution in [2.45, 2.75) is 29.5 Å². The van der Waals surface area contributed by atoms with Gasteiger partial charge in [0, 0.05) is 19.1 Å². The van der Waals surface area contributed by atoms with Crippen molar-refractivity contribution in [2.24, 2.45) is 5.73 Å². The monoisotopic (exact) mass is 330 g/mol. The van der Waals surface area contributed by atoms with Crippen LogP contribution in [-0.4, -0.2) is 31.9 Å². The maximum atomic E-state index is 12.4. The molecule has 0 amide bonds. The summed E-state index contributed by atoms with van der Waals surface area (Å²) in [7, 11) is -3.42. The second-order valence-electron chi connectivity index (χ2n) is 4.06. The summed E-state index contributed by atoms with van der Waals surface area (Å²) in [5.41, 5.74) is 5.64. The molecule has 1 aromatic rings.